The second-order valence-corrected chi connectivity index (χ2v) is 32.4. The van der Waals surface area contributed by atoms with E-state index in [1.165, 1.54) is 0 Å². The second-order valence-electron chi connectivity index (χ2n) is 30.0. The van der Waals surface area contributed by atoms with E-state index in [0.29, 0.717) is 5.41 Å². The molecule has 15 heteroatoms. The summed E-state index contributed by atoms with van der Waals surface area (Å²) in [5.74, 6) is 0.204. The minimum Gasteiger partial charge on any atom is -0.444 e. The van der Waals surface area contributed by atoms with Crippen molar-refractivity contribution in [3.05, 3.63) is 0 Å². The van der Waals surface area contributed by atoms with Crippen molar-refractivity contribution in [1.29, 1.82) is 0 Å². The Kier molecular flexibility index (Phi) is 31.4. The van der Waals surface area contributed by atoms with Crippen LogP contribution < -0.4 is 36.6 Å². The van der Waals surface area contributed by atoms with Crippen LogP contribution in [0.1, 0.15) is 249 Å². The number of hydrogen-bond acceptors (Lipinski definition) is 8. The van der Waals surface area contributed by atoms with E-state index in [2.05, 4.69) is 78.2 Å². The zero-order valence-electron chi connectivity index (χ0n) is 51.5. The van der Waals surface area contributed by atoms with E-state index in [4.69, 9.17) is 4.74 Å². The first-order valence-electron chi connectivity index (χ1n) is 24.2. The number of hydrogen-bond donors (Lipinski definition) is 7. The quantitative estimate of drug-likeness (QED) is 0.142. The topological polar surface area (TPSA) is 196 Å². The molecule has 0 aliphatic carbocycles. The number of ether oxygens (including phenoxy) is 1. The highest BCUT2D eigenvalue weighted by Crippen LogP contribution is 2.18. The Morgan fingerprint density at radius 2 is 0.632 bits per heavy atom. The van der Waals surface area contributed by atoms with Crippen LogP contribution in [-0.2, 0) is 24.3 Å². The Bertz CT molecular complexity index is 1440. The maximum atomic E-state index is 11.6. The molecule has 0 saturated heterocycles. The Morgan fingerprint density at radius 3 is 0.750 bits per heavy atom. The Hall–Kier alpha value is -2.65. The SMILES string of the molecule is CC(C)(C)CNC(C)(C)C.CC(C)(C)NC(=O)C(C)(C)C.CC(C)(C)NC(=O)C(C)(C)C.CC(C)(C)NC(=O)NC(C)(C)C.CC(C)(C)NC(=O)OC(C)(C)C.CC(C)(C)NS(=O)(=O)C(C)(C)C. The van der Waals surface area contributed by atoms with Gasteiger partial charge in [-0.05, 0) is 192 Å². The lowest BCUT2D eigenvalue weighted by atomic mass is 9.94. The van der Waals surface area contributed by atoms with Gasteiger partial charge >= 0.3 is 12.1 Å². The van der Waals surface area contributed by atoms with E-state index in [-0.39, 0.29) is 68.0 Å². The molecule has 0 heterocycles. The molecule has 412 valence electrons. The summed E-state index contributed by atoms with van der Waals surface area (Å²) in [6.45, 7) is 71.3. The van der Waals surface area contributed by atoms with Gasteiger partial charge in [-0.3, -0.25) is 9.59 Å². The van der Waals surface area contributed by atoms with Crippen molar-refractivity contribution in [3.8, 4) is 0 Å². The number of urea groups is 1. The summed E-state index contributed by atoms with van der Waals surface area (Å²) in [7, 11) is -3.21. The molecule has 0 radical (unpaired) electrons. The highest BCUT2D eigenvalue weighted by molar-refractivity contribution is 7.90. The van der Waals surface area contributed by atoms with E-state index in [9.17, 15) is 27.6 Å². The summed E-state index contributed by atoms with van der Waals surface area (Å²) in [6.07, 6.45) is -0.366. The number of nitrogens with one attached hydrogen (secondary N) is 7. The summed E-state index contributed by atoms with van der Waals surface area (Å²) in [6, 6.07) is -0.116. The van der Waals surface area contributed by atoms with Crippen molar-refractivity contribution in [1.82, 2.24) is 36.6 Å². The van der Waals surface area contributed by atoms with Gasteiger partial charge in [0, 0.05) is 56.1 Å². The molecule has 7 N–H and O–H groups in total. The van der Waals surface area contributed by atoms with Crippen molar-refractivity contribution >= 4 is 34.0 Å². The van der Waals surface area contributed by atoms with Gasteiger partial charge in [0.15, 0.2) is 0 Å². The monoisotopic (exact) mass is 996 g/mol. The van der Waals surface area contributed by atoms with Crippen LogP contribution in [0.3, 0.4) is 0 Å². The molecule has 0 bridgehead atoms. The molecule has 0 atom stereocenters. The van der Waals surface area contributed by atoms with Gasteiger partial charge in [0.25, 0.3) is 0 Å². The maximum absolute atomic E-state index is 11.6. The predicted octanol–water partition coefficient (Wildman–Crippen LogP) is 12.0. The molecule has 0 saturated carbocycles. The summed E-state index contributed by atoms with van der Waals surface area (Å²) < 4.78 is 30.0. The van der Waals surface area contributed by atoms with Gasteiger partial charge in [0.2, 0.25) is 21.8 Å². The van der Waals surface area contributed by atoms with Crippen LogP contribution in [0.5, 0.6) is 0 Å². The van der Waals surface area contributed by atoms with Gasteiger partial charge in [-0.2, -0.15) is 0 Å². The summed E-state index contributed by atoms with van der Waals surface area (Å²) in [5.41, 5.74) is -1.55. The van der Waals surface area contributed by atoms with E-state index >= 15 is 0 Å². The Balaban J connectivity index is -0.000000170. The van der Waals surface area contributed by atoms with Crippen LogP contribution in [0.2, 0.25) is 0 Å². The number of sulfonamides is 1. The molecule has 0 aliphatic rings. The number of rotatable bonds is 2. The zero-order chi connectivity index (χ0) is 57.2. The number of carbonyl (C=O) groups excluding carboxylic acids is 4. The predicted molar refractivity (Wildman–Crippen MR) is 294 cm³/mol. The molecule has 0 spiro atoms. The minimum absolute atomic E-state index is 0.102. The number of amides is 5. The lowest BCUT2D eigenvalue weighted by molar-refractivity contribution is -0.130. The van der Waals surface area contributed by atoms with Crippen molar-refractivity contribution < 1.29 is 32.3 Å². The smallest absolute Gasteiger partial charge is 0.408 e. The van der Waals surface area contributed by atoms with Gasteiger partial charge in [-0.1, -0.05) is 62.3 Å². The lowest BCUT2D eigenvalue weighted by Crippen LogP contribution is -2.52. The Morgan fingerprint density at radius 1 is 0.368 bits per heavy atom. The zero-order valence-corrected chi connectivity index (χ0v) is 52.3. The van der Waals surface area contributed by atoms with Crippen molar-refractivity contribution in [2.75, 3.05) is 6.54 Å². The van der Waals surface area contributed by atoms with E-state index in [1.54, 1.807) is 20.8 Å². The third kappa shape index (κ3) is 65.4. The molecule has 0 fully saturated rings. The minimum atomic E-state index is -3.21. The van der Waals surface area contributed by atoms with Gasteiger partial charge in [-0.15, -0.1) is 0 Å². The molecular formula is C53H117N7O7S. The highest BCUT2D eigenvalue weighted by atomic mass is 32.2. The number of carbonyl (C=O) groups is 4. The van der Waals surface area contributed by atoms with Gasteiger partial charge in [0.1, 0.15) is 5.60 Å². The van der Waals surface area contributed by atoms with E-state index < -0.39 is 25.9 Å². The summed E-state index contributed by atoms with van der Waals surface area (Å²) >= 11 is 0. The molecule has 0 aliphatic heterocycles. The molecule has 68 heavy (non-hydrogen) atoms. The lowest BCUT2D eigenvalue weighted by Gasteiger charge is -2.27. The largest absolute Gasteiger partial charge is 0.444 e. The average Bonchev–Trinajstić information content (AvgIpc) is 2.88. The molecule has 5 amide bonds. The van der Waals surface area contributed by atoms with Crippen LogP contribution in [0.15, 0.2) is 0 Å². The maximum Gasteiger partial charge on any atom is 0.408 e. The Labute approximate surface area is 422 Å². The number of alkyl carbamates (subject to hydrolysis) is 1. The molecule has 0 unspecified atom stereocenters. The van der Waals surface area contributed by atoms with Crippen LogP contribution in [-0.4, -0.2) is 88.0 Å². The first-order chi connectivity index (χ1) is 28.6. The highest BCUT2D eigenvalue weighted by Gasteiger charge is 2.32. The second kappa shape index (κ2) is 27.8. The molecule has 0 aromatic carbocycles. The third-order valence-electron chi connectivity index (χ3n) is 6.59. The molecular weight excluding hydrogens is 879 g/mol. The normalized spacial score (nSPS) is 13.2. The van der Waals surface area contributed by atoms with Crippen molar-refractivity contribution in [3.63, 3.8) is 0 Å². The molecule has 0 aromatic heterocycles. The van der Waals surface area contributed by atoms with Crippen LogP contribution in [0.25, 0.3) is 0 Å². The fourth-order valence-electron chi connectivity index (χ4n) is 3.46. The molecule has 0 rings (SSSR count). The fraction of sp³-hybridized carbons (Fsp3) is 0.925. The molecule has 0 aromatic rings. The standard InChI is InChI=1S/C9H20N2O.C9H19NO2.2C9H19NO.C9H21N.C8H19NO2S/c1-8(2,3)10-7(12)11-9(4,5)6;1-8(2,3)10-7(11)12-9(4,5)6;2*1-8(2,3)7(11)10-9(4,5)6;1-8(2,3)7-10-9(4,5)6;1-7(2,3)9-12(10,11)8(4,5)6/h1-6H3,(H2,10,11,12);1-6H3,(H,10,11);2*1-6H3,(H,10,11);10H,7H2,1-6H3;9H,1-6H3. The first kappa shape index (κ1) is 76.8. The van der Waals surface area contributed by atoms with Crippen LogP contribution in [0, 0.1) is 16.2 Å². The first-order valence-corrected chi connectivity index (χ1v) is 25.7. The van der Waals surface area contributed by atoms with Gasteiger partial charge < -0.3 is 36.6 Å². The average molecular weight is 997 g/mol. The van der Waals surface area contributed by atoms with Crippen LogP contribution in [0.4, 0.5) is 9.59 Å². The third-order valence-corrected chi connectivity index (χ3v) is 9.08. The summed E-state index contributed by atoms with van der Waals surface area (Å²) in [5, 5.41) is 17.7. The van der Waals surface area contributed by atoms with Crippen molar-refractivity contribution in [2.24, 2.45) is 16.2 Å². The van der Waals surface area contributed by atoms with Gasteiger partial charge in [0.05, 0.1) is 4.75 Å². The fourth-order valence-corrected chi connectivity index (χ4v) is 4.58. The van der Waals surface area contributed by atoms with Gasteiger partial charge in [-0.25, -0.2) is 22.7 Å². The van der Waals surface area contributed by atoms with E-state index in [0.717, 1.165) is 6.54 Å². The van der Waals surface area contributed by atoms with E-state index in [1.807, 2.05) is 187 Å². The van der Waals surface area contributed by atoms with Crippen LogP contribution >= 0.6 is 0 Å². The molecule has 14 nitrogen and oxygen atoms in total. The van der Waals surface area contributed by atoms with Crippen molar-refractivity contribution in [2.45, 2.75) is 298 Å². The summed E-state index contributed by atoms with van der Waals surface area (Å²) in [4.78, 5) is 45.1.